The van der Waals surface area contributed by atoms with E-state index in [4.69, 9.17) is 4.98 Å². The van der Waals surface area contributed by atoms with Crippen molar-refractivity contribution in [1.29, 1.82) is 0 Å². The minimum absolute atomic E-state index is 0.130. The molecule has 0 aliphatic heterocycles. The van der Waals surface area contributed by atoms with Crippen LogP contribution in [0.1, 0.15) is 27.2 Å². The minimum Gasteiger partial charge on any atom is -0.302 e. The molecule has 6 heteroatoms. The summed E-state index contributed by atoms with van der Waals surface area (Å²) in [6.45, 7) is 6.83. The van der Waals surface area contributed by atoms with Crippen LogP contribution in [0.3, 0.4) is 0 Å². The number of para-hydroxylation sites is 1. The second-order valence-electron chi connectivity index (χ2n) is 8.07. The van der Waals surface area contributed by atoms with Gasteiger partial charge in [-0.1, -0.05) is 74.1 Å². The van der Waals surface area contributed by atoms with Crippen molar-refractivity contribution in [3.63, 3.8) is 0 Å². The van der Waals surface area contributed by atoms with Crippen LogP contribution in [-0.4, -0.2) is 31.3 Å². The highest BCUT2D eigenvalue weighted by Crippen LogP contribution is 2.33. The van der Waals surface area contributed by atoms with Crippen molar-refractivity contribution in [2.24, 2.45) is 5.92 Å². The average Bonchev–Trinajstić information content (AvgIpc) is 3.18. The Morgan fingerprint density at radius 3 is 2.52 bits per heavy atom. The molecule has 2 heterocycles. The monoisotopic (exact) mass is 430 g/mol. The first-order valence-electron chi connectivity index (χ1n) is 10.5. The van der Waals surface area contributed by atoms with Crippen LogP contribution in [0.4, 0.5) is 0 Å². The van der Waals surface area contributed by atoms with Gasteiger partial charge in [-0.15, -0.1) is 10.2 Å². The summed E-state index contributed by atoms with van der Waals surface area (Å²) in [7, 11) is 0. The first-order chi connectivity index (χ1) is 15.0. The van der Waals surface area contributed by atoms with Crippen molar-refractivity contribution in [2.75, 3.05) is 5.75 Å². The maximum Gasteiger partial charge on any atom is 0.191 e. The van der Waals surface area contributed by atoms with Gasteiger partial charge >= 0.3 is 0 Å². The average molecular weight is 431 g/mol. The number of ketones is 1. The molecule has 31 heavy (non-hydrogen) atoms. The maximum absolute atomic E-state index is 11.6. The van der Waals surface area contributed by atoms with Crippen molar-refractivity contribution in [3.8, 4) is 22.6 Å². The number of rotatable bonds is 8. The van der Waals surface area contributed by atoms with Crippen LogP contribution in [0.15, 0.2) is 65.8 Å². The van der Waals surface area contributed by atoms with E-state index in [1.54, 1.807) is 6.92 Å². The summed E-state index contributed by atoms with van der Waals surface area (Å²) < 4.78 is 2.16. The first-order valence-corrected chi connectivity index (χ1v) is 11.5. The molecule has 0 bridgehead atoms. The molecule has 0 atom stereocenters. The molecule has 4 aromatic rings. The standard InChI is InChI=1S/C25H26N4OS/c1-17(2)13-14-29-24(27-28-25(29)31-16-18(3)30)21-15-23(19-9-5-4-6-10-19)26-22-12-8-7-11-20(21)22/h4-12,15,17H,13-14,16H2,1-3H3. The van der Waals surface area contributed by atoms with Crippen molar-refractivity contribution < 1.29 is 4.79 Å². The number of carbonyl (C=O) groups is 1. The molecule has 4 rings (SSSR count). The molecular formula is C25H26N4OS. The molecule has 0 saturated heterocycles. The van der Waals surface area contributed by atoms with E-state index < -0.39 is 0 Å². The van der Waals surface area contributed by atoms with E-state index in [0.717, 1.165) is 51.7 Å². The van der Waals surface area contributed by atoms with Crippen LogP contribution in [0.5, 0.6) is 0 Å². The Balaban J connectivity index is 1.88. The van der Waals surface area contributed by atoms with Crippen LogP contribution in [-0.2, 0) is 11.3 Å². The van der Waals surface area contributed by atoms with E-state index in [2.05, 4.69) is 52.9 Å². The molecule has 0 N–H and O–H groups in total. The van der Waals surface area contributed by atoms with Crippen LogP contribution < -0.4 is 0 Å². The zero-order valence-electron chi connectivity index (χ0n) is 18.1. The third-order valence-corrected chi connectivity index (χ3v) is 6.19. The summed E-state index contributed by atoms with van der Waals surface area (Å²) in [4.78, 5) is 16.5. The lowest BCUT2D eigenvalue weighted by atomic mass is 10.0. The molecule has 0 amide bonds. The van der Waals surface area contributed by atoms with Gasteiger partial charge < -0.3 is 4.57 Å². The van der Waals surface area contributed by atoms with Gasteiger partial charge in [-0.2, -0.15) is 0 Å². The smallest absolute Gasteiger partial charge is 0.191 e. The lowest BCUT2D eigenvalue weighted by molar-refractivity contribution is -0.114. The predicted octanol–water partition coefficient (Wildman–Crippen LogP) is 5.89. The fourth-order valence-electron chi connectivity index (χ4n) is 3.47. The van der Waals surface area contributed by atoms with Crippen molar-refractivity contribution in [1.82, 2.24) is 19.7 Å². The number of fused-ring (bicyclic) bond motifs is 1. The first kappa shape index (κ1) is 21.2. The van der Waals surface area contributed by atoms with Crippen molar-refractivity contribution >= 4 is 28.4 Å². The van der Waals surface area contributed by atoms with Gasteiger partial charge in [0.1, 0.15) is 5.78 Å². The van der Waals surface area contributed by atoms with Gasteiger partial charge in [-0.25, -0.2) is 4.98 Å². The van der Waals surface area contributed by atoms with E-state index in [0.29, 0.717) is 11.7 Å². The van der Waals surface area contributed by atoms with Crippen LogP contribution in [0, 0.1) is 5.92 Å². The lowest BCUT2D eigenvalue weighted by Crippen LogP contribution is -2.07. The molecular weight excluding hydrogens is 404 g/mol. The van der Waals surface area contributed by atoms with Gasteiger partial charge in [-0.3, -0.25) is 4.79 Å². The predicted molar refractivity (Wildman–Crippen MR) is 127 cm³/mol. The van der Waals surface area contributed by atoms with E-state index >= 15 is 0 Å². The van der Waals surface area contributed by atoms with Gasteiger partial charge in [0.2, 0.25) is 0 Å². The molecule has 0 aliphatic carbocycles. The van der Waals surface area contributed by atoms with E-state index in [-0.39, 0.29) is 5.78 Å². The van der Waals surface area contributed by atoms with Crippen molar-refractivity contribution in [3.05, 3.63) is 60.7 Å². The van der Waals surface area contributed by atoms with Crippen LogP contribution in [0.2, 0.25) is 0 Å². The fraction of sp³-hybridized carbons (Fsp3) is 0.280. The highest BCUT2D eigenvalue weighted by molar-refractivity contribution is 7.99. The quantitative estimate of drug-likeness (QED) is 0.326. The van der Waals surface area contributed by atoms with E-state index in [1.165, 1.54) is 11.8 Å². The van der Waals surface area contributed by atoms with Crippen molar-refractivity contribution in [2.45, 2.75) is 38.9 Å². The molecule has 0 fully saturated rings. The third-order valence-electron chi connectivity index (χ3n) is 5.08. The summed E-state index contributed by atoms with van der Waals surface area (Å²) in [5, 5.41) is 10.9. The Morgan fingerprint density at radius 1 is 1.03 bits per heavy atom. The molecule has 0 radical (unpaired) electrons. The summed E-state index contributed by atoms with van der Waals surface area (Å²) in [6, 6.07) is 20.4. The normalized spacial score (nSPS) is 11.4. The number of hydrogen-bond acceptors (Lipinski definition) is 5. The van der Waals surface area contributed by atoms with Crippen LogP contribution >= 0.6 is 11.8 Å². The van der Waals surface area contributed by atoms with Gasteiger partial charge in [0, 0.05) is 23.1 Å². The van der Waals surface area contributed by atoms with Gasteiger partial charge in [0.05, 0.1) is 17.0 Å². The minimum atomic E-state index is 0.130. The Kier molecular flexibility index (Phi) is 6.47. The Hall–Kier alpha value is -2.99. The number of nitrogens with zero attached hydrogens (tertiary/aromatic N) is 4. The molecule has 2 aromatic carbocycles. The number of aromatic nitrogens is 4. The van der Waals surface area contributed by atoms with Gasteiger partial charge in [0.25, 0.3) is 0 Å². The topological polar surface area (TPSA) is 60.7 Å². The van der Waals surface area contributed by atoms with Gasteiger partial charge in [0.15, 0.2) is 11.0 Å². The molecule has 0 spiro atoms. The Labute approximate surface area is 186 Å². The van der Waals surface area contributed by atoms with E-state index in [1.807, 2.05) is 36.4 Å². The third kappa shape index (κ3) is 4.85. The lowest BCUT2D eigenvalue weighted by Gasteiger charge is -2.14. The number of carbonyl (C=O) groups excluding carboxylic acids is 1. The summed E-state index contributed by atoms with van der Waals surface area (Å²) >= 11 is 1.45. The van der Waals surface area contributed by atoms with E-state index in [9.17, 15) is 4.79 Å². The molecule has 0 aliphatic rings. The van der Waals surface area contributed by atoms with Crippen LogP contribution in [0.25, 0.3) is 33.5 Å². The number of thioether (sulfide) groups is 1. The van der Waals surface area contributed by atoms with Gasteiger partial charge in [-0.05, 0) is 31.4 Å². The number of pyridine rings is 1. The largest absolute Gasteiger partial charge is 0.302 e. The molecule has 2 aromatic heterocycles. The summed E-state index contributed by atoms with van der Waals surface area (Å²) in [5.74, 6) is 1.90. The zero-order valence-corrected chi connectivity index (χ0v) is 18.9. The molecule has 0 unspecified atom stereocenters. The SMILES string of the molecule is CC(=O)CSc1nnc(-c2cc(-c3ccccc3)nc3ccccc23)n1CCC(C)C. The summed E-state index contributed by atoms with van der Waals surface area (Å²) in [6.07, 6.45) is 1.01. The maximum atomic E-state index is 11.6. The molecule has 0 saturated carbocycles. The zero-order chi connectivity index (χ0) is 21.8. The highest BCUT2D eigenvalue weighted by Gasteiger charge is 2.19. The number of benzene rings is 2. The highest BCUT2D eigenvalue weighted by atomic mass is 32.2. The fourth-order valence-corrected chi connectivity index (χ4v) is 4.23. The summed E-state index contributed by atoms with van der Waals surface area (Å²) in [5.41, 5.74) is 3.91. The number of Topliss-reactive ketones (excluding diaryl/α,β-unsaturated/α-hetero) is 1. The Morgan fingerprint density at radius 2 is 1.77 bits per heavy atom. The Bertz CT molecular complexity index is 1200. The molecule has 5 nitrogen and oxygen atoms in total. The second kappa shape index (κ2) is 9.43. The molecule has 158 valence electrons. The second-order valence-corrected chi connectivity index (χ2v) is 9.01. The number of hydrogen-bond donors (Lipinski definition) is 0.